The number of halogens is 5. The summed E-state index contributed by atoms with van der Waals surface area (Å²) in [5.41, 5.74) is -2.89. The highest BCUT2D eigenvalue weighted by Gasteiger charge is 2.35. The van der Waals surface area contributed by atoms with E-state index in [1.54, 1.807) is 6.07 Å². The molecule has 9 heteroatoms. The number of H-pyrrole nitrogens is 1. The van der Waals surface area contributed by atoms with Crippen LogP contribution in [0.5, 0.6) is 5.75 Å². The monoisotopic (exact) mass is 268 g/mol. The minimum atomic E-state index is -5.26. The molecule has 0 aliphatic carbocycles. The van der Waals surface area contributed by atoms with Crippen LogP contribution in [0, 0.1) is 11.3 Å². The van der Waals surface area contributed by atoms with Crippen LogP contribution in [0.3, 0.4) is 0 Å². The maximum atomic E-state index is 12.5. The van der Waals surface area contributed by atoms with Gasteiger partial charge in [0.15, 0.2) is 0 Å². The van der Waals surface area contributed by atoms with Gasteiger partial charge in [0.05, 0.1) is 18.1 Å². The second-order valence-corrected chi connectivity index (χ2v) is 3.09. The number of nitrogens with zero attached hydrogens (tertiary/aromatic N) is 1. The quantitative estimate of drug-likeness (QED) is 0.855. The van der Waals surface area contributed by atoms with E-state index in [2.05, 4.69) is 4.74 Å². The Morgan fingerprint density at radius 3 is 2.50 bits per heavy atom. The number of hydrogen-bond donors (Lipinski definition) is 1. The highest BCUT2D eigenvalue weighted by molar-refractivity contribution is 5.34. The van der Waals surface area contributed by atoms with Crippen LogP contribution in [-0.2, 0) is 6.42 Å². The molecule has 0 bridgehead atoms. The minimum absolute atomic E-state index is 0.215. The first kappa shape index (κ1) is 14.0. The van der Waals surface area contributed by atoms with E-state index in [0.717, 1.165) is 0 Å². The van der Waals surface area contributed by atoms with Gasteiger partial charge < -0.3 is 9.72 Å². The minimum Gasteiger partial charge on any atom is -0.399 e. The third-order valence-electron chi connectivity index (χ3n) is 1.79. The molecule has 0 amide bonds. The molecule has 1 rings (SSSR count). The first-order chi connectivity index (χ1) is 8.24. The Balaban J connectivity index is 3.33. The van der Waals surface area contributed by atoms with Gasteiger partial charge in [-0.25, -0.2) is 8.78 Å². The van der Waals surface area contributed by atoms with Crippen molar-refractivity contribution in [2.24, 2.45) is 0 Å². The largest absolute Gasteiger partial charge is 0.573 e. The number of nitrogens with one attached hydrogen (secondary N) is 1. The van der Waals surface area contributed by atoms with Crippen molar-refractivity contribution in [2.75, 3.05) is 0 Å². The number of alkyl halides is 5. The molecule has 1 heterocycles. The zero-order chi connectivity index (χ0) is 13.9. The fourth-order valence-corrected chi connectivity index (χ4v) is 1.19. The number of hydrogen-bond acceptors (Lipinski definition) is 3. The molecule has 1 N–H and O–H groups in total. The highest BCUT2D eigenvalue weighted by Crippen LogP contribution is 2.30. The Morgan fingerprint density at radius 1 is 1.44 bits per heavy atom. The van der Waals surface area contributed by atoms with Crippen molar-refractivity contribution in [1.29, 1.82) is 5.26 Å². The lowest BCUT2D eigenvalue weighted by molar-refractivity contribution is -0.275. The zero-order valence-corrected chi connectivity index (χ0v) is 8.52. The lowest BCUT2D eigenvalue weighted by Crippen LogP contribution is -2.25. The third kappa shape index (κ3) is 3.44. The van der Waals surface area contributed by atoms with Gasteiger partial charge in [0, 0.05) is 5.69 Å². The smallest absolute Gasteiger partial charge is 0.399 e. The van der Waals surface area contributed by atoms with Gasteiger partial charge in [-0.05, 0) is 6.07 Å². The maximum Gasteiger partial charge on any atom is 0.573 e. The van der Waals surface area contributed by atoms with Gasteiger partial charge in [-0.3, -0.25) is 4.79 Å². The molecule has 0 spiro atoms. The van der Waals surface area contributed by atoms with Crippen LogP contribution < -0.4 is 10.3 Å². The molecular weight excluding hydrogens is 263 g/mol. The SMILES string of the molecule is N#CCc1cc(C(F)F)c(OC(F)(F)F)c(=O)[nH]1. The van der Waals surface area contributed by atoms with Gasteiger partial charge in [-0.2, -0.15) is 5.26 Å². The lowest BCUT2D eigenvalue weighted by Gasteiger charge is -2.12. The van der Waals surface area contributed by atoms with Crippen molar-refractivity contribution in [3.63, 3.8) is 0 Å². The van der Waals surface area contributed by atoms with Crippen LogP contribution in [0.15, 0.2) is 10.9 Å². The standard InChI is InChI=1S/C9H5F5N2O2/c10-7(11)5-3-4(1-2-15)16-8(17)6(5)18-9(12,13)14/h3,7H,1H2,(H,16,17). The number of aromatic amines is 1. The molecule has 4 nitrogen and oxygen atoms in total. The molecule has 0 aliphatic rings. The van der Waals surface area contributed by atoms with Crippen LogP contribution in [0.25, 0.3) is 0 Å². The molecule has 0 unspecified atom stereocenters. The van der Waals surface area contributed by atoms with Crippen LogP contribution in [0.2, 0.25) is 0 Å². The average molecular weight is 268 g/mol. The van der Waals surface area contributed by atoms with Gasteiger partial charge in [0.2, 0.25) is 5.75 Å². The molecule has 0 aromatic carbocycles. The summed E-state index contributed by atoms with van der Waals surface area (Å²) in [5, 5.41) is 8.33. The molecule has 1 aromatic rings. The molecule has 0 fully saturated rings. The average Bonchev–Trinajstić information content (AvgIpc) is 2.20. The Labute approximate surface area is 96.6 Å². The molecule has 0 atom stereocenters. The van der Waals surface area contributed by atoms with Crippen LogP contribution >= 0.6 is 0 Å². The summed E-state index contributed by atoms with van der Waals surface area (Å²) in [7, 11) is 0. The fraction of sp³-hybridized carbons (Fsp3) is 0.333. The number of nitriles is 1. The Bertz CT molecular complexity index is 529. The molecule has 0 aliphatic heterocycles. The van der Waals surface area contributed by atoms with E-state index in [9.17, 15) is 26.7 Å². The predicted octanol–water partition coefficient (Wildman–Crippen LogP) is 2.28. The highest BCUT2D eigenvalue weighted by atomic mass is 19.4. The van der Waals surface area contributed by atoms with Crippen LogP contribution in [0.1, 0.15) is 17.7 Å². The van der Waals surface area contributed by atoms with Gasteiger partial charge >= 0.3 is 6.36 Å². The molecule has 0 saturated heterocycles. The van der Waals surface area contributed by atoms with E-state index in [-0.39, 0.29) is 5.69 Å². The third-order valence-corrected chi connectivity index (χ3v) is 1.79. The summed E-state index contributed by atoms with van der Waals surface area (Å²) in [6.45, 7) is 0. The molecular formula is C9H5F5N2O2. The predicted molar refractivity (Wildman–Crippen MR) is 48.0 cm³/mol. The van der Waals surface area contributed by atoms with Crippen molar-refractivity contribution >= 4 is 0 Å². The Morgan fingerprint density at radius 2 is 2.06 bits per heavy atom. The van der Waals surface area contributed by atoms with Crippen molar-refractivity contribution in [2.45, 2.75) is 19.2 Å². The number of rotatable bonds is 3. The van der Waals surface area contributed by atoms with Gasteiger partial charge in [-0.15, -0.1) is 13.2 Å². The second kappa shape index (κ2) is 5.03. The normalized spacial score (nSPS) is 11.4. The van der Waals surface area contributed by atoms with Crippen LogP contribution in [0.4, 0.5) is 22.0 Å². The zero-order valence-electron chi connectivity index (χ0n) is 8.52. The molecule has 18 heavy (non-hydrogen) atoms. The summed E-state index contributed by atoms with van der Waals surface area (Å²) >= 11 is 0. The van der Waals surface area contributed by atoms with E-state index in [4.69, 9.17) is 5.26 Å². The van der Waals surface area contributed by atoms with Crippen molar-refractivity contribution < 1.29 is 26.7 Å². The summed E-state index contributed by atoms with van der Waals surface area (Å²) < 4.78 is 64.1. The number of pyridine rings is 1. The van der Waals surface area contributed by atoms with Crippen molar-refractivity contribution in [3.8, 4) is 11.8 Å². The van der Waals surface area contributed by atoms with E-state index < -0.39 is 36.1 Å². The van der Waals surface area contributed by atoms with E-state index in [1.165, 1.54) is 0 Å². The summed E-state index contributed by atoms with van der Waals surface area (Å²) in [6.07, 6.45) is -9.00. The molecule has 0 radical (unpaired) electrons. The first-order valence-corrected chi connectivity index (χ1v) is 4.41. The molecule has 98 valence electrons. The summed E-state index contributed by atoms with van der Waals surface area (Å²) in [6, 6.07) is 2.16. The van der Waals surface area contributed by atoms with E-state index in [1.807, 2.05) is 4.98 Å². The fourth-order valence-electron chi connectivity index (χ4n) is 1.19. The van der Waals surface area contributed by atoms with Gasteiger partial charge in [-0.1, -0.05) is 0 Å². The van der Waals surface area contributed by atoms with Crippen molar-refractivity contribution in [1.82, 2.24) is 4.98 Å². The first-order valence-electron chi connectivity index (χ1n) is 4.41. The van der Waals surface area contributed by atoms with Crippen molar-refractivity contribution in [3.05, 3.63) is 27.7 Å². The number of aromatic nitrogens is 1. The number of ether oxygens (including phenoxy) is 1. The Kier molecular flexibility index (Phi) is 3.90. The second-order valence-electron chi connectivity index (χ2n) is 3.09. The van der Waals surface area contributed by atoms with E-state index in [0.29, 0.717) is 6.07 Å². The van der Waals surface area contributed by atoms with Gasteiger partial charge in [0.1, 0.15) is 0 Å². The summed E-state index contributed by atoms with van der Waals surface area (Å²) in [4.78, 5) is 13.1. The van der Waals surface area contributed by atoms with Crippen LogP contribution in [-0.4, -0.2) is 11.3 Å². The summed E-state index contributed by atoms with van der Waals surface area (Å²) in [5.74, 6) is -1.51. The topological polar surface area (TPSA) is 65.9 Å². The van der Waals surface area contributed by atoms with E-state index >= 15 is 0 Å². The molecule has 0 saturated carbocycles. The Hall–Kier alpha value is -2.11. The maximum absolute atomic E-state index is 12.5. The molecule has 1 aromatic heterocycles. The van der Waals surface area contributed by atoms with Gasteiger partial charge in [0.25, 0.3) is 12.0 Å². The lowest BCUT2D eigenvalue weighted by atomic mass is 10.2.